The van der Waals surface area contributed by atoms with Gasteiger partial charge in [-0.25, -0.2) is 4.79 Å². The number of hydrogen-bond acceptors (Lipinski definition) is 5. The second kappa shape index (κ2) is 12.5. The van der Waals surface area contributed by atoms with Crippen LogP contribution in [0.1, 0.15) is 40.8 Å². The summed E-state index contributed by atoms with van der Waals surface area (Å²) in [5, 5.41) is 9.30. The van der Waals surface area contributed by atoms with E-state index in [1.807, 2.05) is 60.7 Å². The van der Waals surface area contributed by atoms with Crippen LogP contribution in [0.3, 0.4) is 0 Å². The van der Waals surface area contributed by atoms with Crippen molar-refractivity contribution >= 4 is 12.1 Å². The average Bonchev–Trinajstić information content (AvgIpc) is 3.26. The molecule has 10 heteroatoms. The van der Waals surface area contributed by atoms with Crippen molar-refractivity contribution in [1.82, 2.24) is 4.90 Å². The van der Waals surface area contributed by atoms with Crippen LogP contribution in [0.4, 0.5) is 18.0 Å². The number of aliphatic carboxylic acids is 1. The molecule has 4 aromatic rings. The zero-order chi connectivity index (χ0) is 30.6. The van der Waals surface area contributed by atoms with Gasteiger partial charge in [-0.2, -0.15) is 13.2 Å². The molecule has 4 aromatic carbocycles. The Bertz CT molecular complexity index is 1590. The Morgan fingerprint density at radius 3 is 2.23 bits per heavy atom. The first kappa shape index (κ1) is 29.5. The highest BCUT2D eigenvalue weighted by atomic mass is 19.4. The molecule has 5 rings (SSSR count). The summed E-state index contributed by atoms with van der Waals surface area (Å²) in [5.74, 6) is -0.626. The van der Waals surface area contributed by atoms with Crippen LogP contribution in [0, 0.1) is 0 Å². The fourth-order valence-electron chi connectivity index (χ4n) is 4.85. The number of alkyl halides is 3. The SMILES string of the molecule is C[C@@H]1[C@H](c2ccccc2)OC(=O)N1Cc1cc(C(F)(F)F)ccc1Oc1cc(CC(=O)O)ccc1OCc1ccccc1. The Morgan fingerprint density at radius 2 is 1.56 bits per heavy atom. The second-order valence-electron chi connectivity index (χ2n) is 10.1. The van der Waals surface area contributed by atoms with Crippen LogP contribution < -0.4 is 9.47 Å². The molecule has 0 saturated carbocycles. The number of halogens is 3. The minimum absolute atomic E-state index is 0.0493. The molecule has 1 saturated heterocycles. The number of carbonyl (C=O) groups is 2. The van der Waals surface area contributed by atoms with Crippen molar-refractivity contribution in [2.45, 2.75) is 44.8 Å². The van der Waals surface area contributed by atoms with Gasteiger partial charge in [-0.05, 0) is 53.9 Å². The number of ether oxygens (including phenoxy) is 3. The first-order valence-corrected chi connectivity index (χ1v) is 13.5. The average molecular weight is 592 g/mol. The Labute approximate surface area is 246 Å². The number of nitrogens with zero attached hydrogens (tertiary/aromatic N) is 1. The van der Waals surface area contributed by atoms with Gasteiger partial charge >= 0.3 is 18.2 Å². The van der Waals surface area contributed by atoms with Crippen molar-refractivity contribution in [3.05, 3.63) is 125 Å². The lowest BCUT2D eigenvalue weighted by Gasteiger charge is -2.23. The normalized spacial score (nSPS) is 16.6. The van der Waals surface area contributed by atoms with Crippen LogP contribution in [-0.4, -0.2) is 28.1 Å². The van der Waals surface area contributed by atoms with E-state index in [9.17, 15) is 27.9 Å². The molecular formula is C33H28F3NO6. The maximum atomic E-state index is 13.8. The van der Waals surface area contributed by atoms with Crippen LogP contribution in [0.25, 0.3) is 0 Å². The highest BCUT2D eigenvalue weighted by Crippen LogP contribution is 2.40. The lowest BCUT2D eigenvalue weighted by Crippen LogP contribution is -2.31. The number of hydrogen-bond donors (Lipinski definition) is 1. The number of rotatable bonds is 10. The number of amides is 1. The van der Waals surface area contributed by atoms with E-state index in [1.54, 1.807) is 19.1 Å². The molecule has 1 heterocycles. The van der Waals surface area contributed by atoms with Crippen LogP contribution in [0.5, 0.6) is 17.2 Å². The minimum atomic E-state index is -4.64. The fourth-order valence-corrected chi connectivity index (χ4v) is 4.85. The zero-order valence-corrected chi connectivity index (χ0v) is 23.1. The van der Waals surface area contributed by atoms with Gasteiger partial charge in [-0.1, -0.05) is 66.7 Å². The van der Waals surface area contributed by atoms with E-state index in [2.05, 4.69) is 0 Å². The maximum absolute atomic E-state index is 13.8. The van der Waals surface area contributed by atoms with Gasteiger partial charge in [0.1, 0.15) is 18.5 Å². The van der Waals surface area contributed by atoms with E-state index in [0.29, 0.717) is 5.56 Å². The van der Waals surface area contributed by atoms with Crippen LogP contribution in [0.2, 0.25) is 0 Å². The Hall–Kier alpha value is -4.99. The van der Waals surface area contributed by atoms with Gasteiger partial charge in [0.15, 0.2) is 11.5 Å². The second-order valence-corrected chi connectivity index (χ2v) is 10.1. The predicted octanol–water partition coefficient (Wildman–Crippen LogP) is 7.79. The van der Waals surface area contributed by atoms with Gasteiger partial charge < -0.3 is 19.3 Å². The number of cyclic esters (lactones) is 1. The van der Waals surface area contributed by atoms with Crippen molar-refractivity contribution < 1.29 is 42.1 Å². The topological polar surface area (TPSA) is 85.3 Å². The summed E-state index contributed by atoms with van der Waals surface area (Å²) in [6.07, 6.45) is -6.20. The van der Waals surface area contributed by atoms with E-state index < -0.39 is 35.9 Å². The van der Waals surface area contributed by atoms with Crippen molar-refractivity contribution in [1.29, 1.82) is 0 Å². The van der Waals surface area contributed by atoms with Gasteiger partial charge in [0.2, 0.25) is 0 Å². The maximum Gasteiger partial charge on any atom is 0.416 e. The van der Waals surface area contributed by atoms with Gasteiger partial charge in [0.25, 0.3) is 0 Å². The molecule has 1 fully saturated rings. The van der Waals surface area contributed by atoms with Crippen LogP contribution >= 0.6 is 0 Å². The predicted molar refractivity (Wildman–Crippen MR) is 151 cm³/mol. The van der Waals surface area contributed by atoms with E-state index >= 15 is 0 Å². The summed E-state index contributed by atoms with van der Waals surface area (Å²) in [6.45, 7) is 1.71. The molecule has 43 heavy (non-hydrogen) atoms. The first-order chi connectivity index (χ1) is 20.6. The molecule has 2 atom stereocenters. The highest BCUT2D eigenvalue weighted by molar-refractivity contribution is 5.72. The standard InChI is InChI=1S/C33H28F3NO6/c1-21-31(24-10-6-3-7-11-24)43-32(40)37(21)19-25-18-26(33(34,35)36)13-15-27(25)42-29-16-23(17-30(38)39)12-14-28(29)41-20-22-8-4-2-5-9-22/h2-16,18,21,31H,17,19-20H2,1H3,(H,38,39)/t21-,31-/m1/s1. The van der Waals surface area contributed by atoms with Gasteiger partial charge in [0.05, 0.1) is 24.6 Å². The van der Waals surface area contributed by atoms with E-state index in [1.165, 1.54) is 17.0 Å². The molecule has 0 spiro atoms. The molecule has 0 aromatic heterocycles. The summed E-state index contributed by atoms with van der Waals surface area (Å²) < 4.78 is 59.0. The molecule has 1 N–H and O–H groups in total. The molecule has 222 valence electrons. The lowest BCUT2D eigenvalue weighted by atomic mass is 10.0. The zero-order valence-electron chi connectivity index (χ0n) is 23.1. The molecule has 0 aliphatic carbocycles. The third-order valence-corrected chi connectivity index (χ3v) is 7.07. The van der Waals surface area contributed by atoms with Gasteiger partial charge in [0, 0.05) is 5.56 Å². The number of carboxylic acids is 1. The molecular weight excluding hydrogens is 563 g/mol. The summed E-state index contributed by atoms with van der Waals surface area (Å²) in [4.78, 5) is 25.6. The van der Waals surface area contributed by atoms with E-state index in [0.717, 1.165) is 23.3 Å². The summed E-state index contributed by atoms with van der Waals surface area (Å²) in [7, 11) is 0. The number of carbonyl (C=O) groups excluding carboxylic acids is 1. The van der Waals surface area contributed by atoms with Gasteiger partial charge in [-0.15, -0.1) is 0 Å². The quantitative estimate of drug-likeness (QED) is 0.203. The Morgan fingerprint density at radius 1 is 0.884 bits per heavy atom. The smallest absolute Gasteiger partial charge is 0.416 e. The minimum Gasteiger partial charge on any atom is -0.485 e. The molecule has 1 amide bonds. The molecule has 0 unspecified atom stereocenters. The van der Waals surface area contributed by atoms with Crippen LogP contribution in [-0.2, 0) is 35.3 Å². The fraction of sp³-hybridized carbons (Fsp3) is 0.212. The first-order valence-electron chi connectivity index (χ1n) is 13.5. The summed E-state index contributed by atoms with van der Waals surface area (Å²) in [5.41, 5.74) is 1.22. The van der Waals surface area contributed by atoms with Crippen molar-refractivity contribution in [3.8, 4) is 17.2 Å². The molecule has 1 aliphatic rings. The monoisotopic (exact) mass is 591 g/mol. The molecule has 1 aliphatic heterocycles. The third kappa shape index (κ3) is 7.09. The highest BCUT2D eigenvalue weighted by Gasteiger charge is 2.40. The summed E-state index contributed by atoms with van der Waals surface area (Å²) in [6, 6.07) is 25.6. The largest absolute Gasteiger partial charge is 0.485 e. The van der Waals surface area contributed by atoms with E-state index in [4.69, 9.17) is 14.2 Å². The Kier molecular flexibility index (Phi) is 8.56. The third-order valence-electron chi connectivity index (χ3n) is 7.07. The van der Waals surface area contributed by atoms with Crippen LogP contribution in [0.15, 0.2) is 97.1 Å². The number of carboxylic acid groups (broad SMARTS) is 1. The Balaban J connectivity index is 1.48. The van der Waals surface area contributed by atoms with Crippen molar-refractivity contribution in [2.24, 2.45) is 0 Å². The lowest BCUT2D eigenvalue weighted by molar-refractivity contribution is -0.138. The van der Waals surface area contributed by atoms with E-state index in [-0.39, 0.29) is 42.4 Å². The molecule has 7 nitrogen and oxygen atoms in total. The van der Waals surface area contributed by atoms with Crippen molar-refractivity contribution in [3.63, 3.8) is 0 Å². The van der Waals surface area contributed by atoms with Gasteiger partial charge in [-0.3, -0.25) is 9.69 Å². The van der Waals surface area contributed by atoms with Crippen molar-refractivity contribution in [2.75, 3.05) is 0 Å². The number of benzene rings is 4. The summed E-state index contributed by atoms with van der Waals surface area (Å²) >= 11 is 0. The molecule has 0 radical (unpaired) electrons. The molecule has 0 bridgehead atoms.